The molecular formula is C49H51N4O+. The number of hydrogen-bond acceptors (Lipinski definition) is 2. The van der Waals surface area contributed by atoms with E-state index in [1.807, 2.05) is 6.20 Å². The molecule has 0 radical (unpaired) electrons. The summed E-state index contributed by atoms with van der Waals surface area (Å²) in [7, 11) is 0. The molecule has 0 amide bonds. The summed E-state index contributed by atoms with van der Waals surface area (Å²) in [5, 5.41) is 2.38. The van der Waals surface area contributed by atoms with Gasteiger partial charge in [0.25, 0.3) is 0 Å². The van der Waals surface area contributed by atoms with Gasteiger partial charge >= 0.3 is 0 Å². The van der Waals surface area contributed by atoms with E-state index >= 15 is 0 Å². The number of benzene rings is 5. The normalized spacial score (nSPS) is 19.1. The van der Waals surface area contributed by atoms with Gasteiger partial charge in [-0.1, -0.05) is 97.9 Å². The Labute approximate surface area is 320 Å². The average Bonchev–Trinajstić information content (AvgIpc) is 3.65. The van der Waals surface area contributed by atoms with Crippen molar-refractivity contribution in [1.82, 2.24) is 18.7 Å². The molecule has 7 aromatic rings. The monoisotopic (exact) mass is 711 g/mol. The zero-order valence-electron chi connectivity index (χ0n) is 32.9. The Balaban J connectivity index is 1.18. The van der Waals surface area contributed by atoms with Crippen molar-refractivity contribution >= 4 is 44.6 Å². The summed E-state index contributed by atoms with van der Waals surface area (Å²) in [6, 6.07) is 44.6. The Morgan fingerprint density at radius 3 is 2.00 bits per heavy atom. The number of fused-ring (bicyclic) bond motifs is 7. The van der Waals surface area contributed by atoms with Crippen LogP contribution in [-0.4, -0.2) is 9.55 Å². The van der Waals surface area contributed by atoms with E-state index in [0.717, 1.165) is 41.2 Å². The molecule has 0 aliphatic carbocycles. The number of para-hydroxylation sites is 3. The van der Waals surface area contributed by atoms with Gasteiger partial charge in [-0.3, -0.25) is 4.57 Å². The highest BCUT2D eigenvalue weighted by molar-refractivity contribution is 6.09. The molecule has 0 spiro atoms. The third-order valence-electron chi connectivity index (χ3n) is 12.0. The number of pyridine rings is 1. The van der Waals surface area contributed by atoms with Crippen molar-refractivity contribution in [3.05, 3.63) is 151 Å². The van der Waals surface area contributed by atoms with E-state index in [-0.39, 0.29) is 10.8 Å². The molecule has 54 heavy (non-hydrogen) atoms. The standard InChI is InChI=1S/C49H51N4O/c1-9-33(10-2)34-26-38(53-32-52(53,45-20-13-14-21-46(45)53)37-17-15-16-35(28-37)48(3,4)5)30-40(27-34)54-39-22-23-42-41-18-11-12-19-43(41)51(44(42)31-39)47-29-36(24-25-50-47)49(6,7)8/h11-33H,9-10H2,1-8H3/q+1/t52-,53?/m0/s1. The van der Waals surface area contributed by atoms with Crippen molar-refractivity contribution < 1.29 is 4.74 Å². The van der Waals surface area contributed by atoms with Crippen LogP contribution in [0.25, 0.3) is 27.6 Å². The second-order valence-electron chi connectivity index (χ2n) is 17.3. The van der Waals surface area contributed by atoms with E-state index in [1.54, 1.807) is 0 Å². The molecule has 272 valence electrons. The zero-order valence-corrected chi connectivity index (χ0v) is 32.9. The van der Waals surface area contributed by atoms with Crippen molar-refractivity contribution in [3.63, 3.8) is 0 Å². The maximum Gasteiger partial charge on any atom is 0.225 e. The molecule has 0 bridgehead atoms. The lowest BCUT2D eigenvalue weighted by molar-refractivity contribution is 0.422. The van der Waals surface area contributed by atoms with Crippen LogP contribution in [0, 0.1) is 6.67 Å². The number of quaternary nitrogens is 2. The van der Waals surface area contributed by atoms with E-state index in [2.05, 4.69) is 188 Å². The van der Waals surface area contributed by atoms with Crippen LogP contribution in [0.1, 0.15) is 90.8 Å². The summed E-state index contributed by atoms with van der Waals surface area (Å²) < 4.78 is 10.6. The number of ether oxygens (including phenoxy) is 1. The molecule has 1 saturated heterocycles. The molecule has 5 heteroatoms. The maximum absolute atomic E-state index is 6.98. The number of aromatic nitrogens is 2. The first-order valence-corrected chi connectivity index (χ1v) is 19.6. The summed E-state index contributed by atoms with van der Waals surface area (Å²) in [4.78, 5) is 4.90. The molecule has 0 N–H and O–H groups in total. The van der Waals surface area contributed by atoms with Crippen molar-refractivity contribution in [3.8, 4) is 17.3 Å². The number of nitrogens with zero attached hydrogens (tertiary/aromatic N) is 4. The summed E-state index contributed by atoms with van der Waals surface area (Å²) in [6.45, 7) is 20.7. The lowest BCUT2D eigenvalue weighted by Crippen LogP contribution is -2.46. The van der Waals surface area contributed by atoms with Gasteiger partial charge in [0.15, 0.2) is 18.0 Å². The molecule has 9 rings (SSSR count). The third-order valence-corrected chi connectivity index (χ3v) is 12.0. The van der Waals surface area contributed by atoms with Gasteiger partial charge in [-0.2, -0.15) is 9.18 Å². The van der Waals surface area contributed by atoms with Crippen LogP contribution in [0.4, 0.5) is 22.7 Å². The average molecular weight is 712 g/mol. The van der Waals surface area contributed by atoms with Crippen LogP contribution in [0.2, 0.25) is 0 Å². The van der Waals surface area contributed by atoms with E-state index in [0.29, 0.717) is 15.1 Å². The molecule has 1 fully saturated rings. The maximum atomic E-state index is 6.98. The van der Waals surface area contributed by atoms with Crippen LogP contribution in [0.3, 0.4) is 0 Å². The van der Waals surface area contributed by atoms with Crippen molar-refractivity contribution in [1.29, 1.82) is 0 Å². The summed E-state index contributed by atoms with van der Waals surface area (Å²) in [6.07, 6.45) is 4.07. The minimum absolute atomic E-state index is 0.00588. The Hall–Kier alpha value is -5.23. The minimum Gasteiger partial charge on any atom is -0.457 e. The van der Waals surface area contributed by atoms with Gasteiger partial charge in [-0.25, -0.2) is 4.98 Å². The Morgan fingerprint density at radius 1 is 0.611 bits per heavy atom. The van der Waals surface area contributed by atoms with Crippen LogP contribution < -0.4 is 13.9 Å². The predicted octanol–water partition coefficient (Wildman–Crippen LogP) is 13.8. The largest absolute Gasteiger partial charge is 0.457 e. The van der Waals surface area contributed by atoms with Gasteiger partial charge in [0.1, 0.15) is 17.3 Å². The summed E-state index contributed by atoms with van der Waals surface area (Å²) >= 11 is 0. The molecule has 2 aliphatic heterocycles. The van der Waals surface area contributed by atoms with Gasteiger partial charge in [0, 0.05) is 59.4 Å². The van der Waals surface area contributed by atoms with Crippen LogP contribution in [0.15, 0.2) is 128 Å². The molecule has 2 atom stereocenters. The fourth-order valence-electron chi connectivity index (χ4n) is 8.90. The molecule has 2 aliphatic rings. The molecule has 0 saturated carbocycles. The van der Waals surface area contributed by atoms with Gasteiger partial charge < -0.3 is 4.74 Å². The Kier molecular flexibility index (Phi) is 7.76. The van der Waals surface area contributed by atoms with Crippen molar-refractivity contribution in [2.24, 2.45) is 0 Å². The minimum atomic E-state index is 0.00588. The highest BCUT2D eigenvalue weighted by Gasteiger charge is 2.78. The molecule has 2 aromatic heterocycles. The smallest absolute Gasteiger partial charge is 0.225 e. The molecule has 5 nitrogen and oxygen atoms in total. The second kappa shape index (κ2) is 12.1. The third kappa shape index (κ3) is 5.09. The first kappa shape index (κ1) is 34.5. The van der Waals surface area contributed by atoms with E-state index < -0.39 is 0 Å². The van der Waals surface area contributed by atoms with Crippen LogP contribution in [0.5, 0.6) is 11.5 Å². The SMILES string of the molecule is CCC(CC)c1cc(Oc2ccc3c4ccccc4n(-c4cc(C(C)(C)C)ccn4)c3c2)cc([N+]23[CH-][N@+]2(c2cccc(C(C)(C)C)c2)c2ccccc23)c1. The second-order valence-corrected chi connectivity index (χ2v) is 17.3. The Bertz CT molecular complexity index is 2580. The topological polar surface area (TPSA) is 27.1 Å². The lowest BCUT2D eigenvalue weighted by atomic mass is 9.87. The number of rotatable bonds is 8. The summed E-state index contributed by atoms with van der Waals surface area (Å²) in [5.41, 5.74) is 11.4. The first-order chi connectivity index (χ1) is 25.9. The van der Waals surface area contributed by atoms with Crippen molar-refractivity contribution in [2.75, 3.05) is 0 Å². The van der Waals surface area contributed by atoms with E-state index in [1.165, 1.54) is 50.2 Å². The number of hydrogen-bond donors (Lipinski definition) is 0. The van der Waals surface area contributed by atoms with Gasteiger partial charge in [0.05, 0.1) is 11.0 Å². The predicted molar refractivity (Wildman–Crippen MR) is 226 cm³/mol. The Morgan fingerprint density at radius 2 is 1.28 bits per heavy atom. The highest BCUT2D eigenvalue weighted by Crippen LogP contribution is 2.75. The van der Waals surface area contributed by atoms with Crippen molar-refractivity contribution in [2.45, 2.75) is 85.0 Å². The summed E-state index contributed by atoms with van der Waals surface area (Å²) in [5.74, 6) is 3.02. The first-order valence-electron chi connectivity index (χ1n) is 19.6. The fraction of sp³-hybridized carbons (Fsp3) is 0.265. The van der Waals surface area contributed by atoms with Gasteiger partial charge in [-0.05, 0) is 82.7 Å². The van der Waals surface area contributed by atoms with E-state index in [4.69, 9.17) is 9.72 Å². The zero-order chi connectivity index (χ0) is 37.6. The van der Waals surface area contributed by atoms with Crippen LogP contribution in [-0.2, 0) is 10.8 Å². The molecule has 5 aromatic carbocycles. The molecule has 1 unspecified atom stereocenters. The molecular weight excluding hydrogens is 661 g/mol. The molecule has 4 heterocycles. The highest BCUT2D eigenvalue weighted by atomic mass is 16.5. The van der Waals surface area contributed by atoms with Gasteiger partial charge in [-0.15, -0.1) is 0 Å². The van der Waals surface area contributed by atoms with Crippen LogP contribution >= 0.6 is 0 Å². The van der Waals surface area contributed by atoms with E-state index in [9.17, 15) is 0 Å². The lowest BCUT2D eigenvalue weighted by Gasteiger charge is -2.40. The fourth-order valence-corrected chi connectivity index (χ4v) is 8.90. The van der Waals surface area contributed by atoms with Gasteiger partial charge in [0.2, 0.25) is 11.4 Å². The quantitative estimate of drug-likeness (QED) is 0.0891.